The molecule has 94 valence electrons. The zero-order chi connectivity index (χ0) is 12.8. The van der Waals surface area contributed by atoms with Gasteiger partial charge in [0.1, 0.15) is 12.4 Å². The molecule has 0 radical (unpaired) electrons. The van der Waals surface area contributed by atoms with E-state index in [0.717, 1.165) is 22.4 Å². The summed E-state index contributed by atoms with van der Waals surface area (Å²) in [5, 5.41) is 0. The second kappa shape index (κ2) is 6.22. The number of benzene rings is 1. The van der Waals surface area contributed by atoms with E-state index in [1.54, 1.807) is 7.11 Å². The Kier molecular flexibility index (Phi) is 4.93. The van der Waals surface area contributed by atoms with Gasteiger partial charge in [-0.05, 0) is 42.7 Å². The predicted molar refractivity (Wildman–Crippen MR) is 64.5 cm³/mol. The average molecular weight is 238 g/mol. The highest BCUT2D eigenvalue weighted by Gasteiger charge is 2.06. The van der Waals surface area contributed by atoms with E-state index in [0.29, 0.717) is 6.61 Å². The van der Waals surface area contributed by atoms with E-state index in [1.807, 2.05) is 31.4 Å². The summed E-state index contributed by atoms with van der Waals surface area (Å²) < 4.78 is 10.5. The number of nitrogens with one attached hydrogen (secondary N) is 1. The van der Waals surface area contributed by atoms with Crippen LogP contribution in [-0.4, -0.2) is 19.6 Å². The quantitative estimate of drug-likeness (QED) is 0.452. The Morgan fingerprint density at radius 1 is 1.35 bits per heavy atom. The second-order valence-electron chi connectivity index (χ2n) is 3.81. The Labute approximate surface area is 101 Å². The van der Waals surface area contributed by atoms with Crippen LogP contribution in [0.2, 0.25) is 0 Å². The summed E-state index contributed by atoms with van der Waals surface area (Å²) in [7, 11) is 1.64. The summed E-state index contributed by atoms with van der Waals surface area (Å²) in [6.07, 6.45) is 0. The highest BCUT2D eigenvalue weighted by Crippen LogP contribution is 2.22. The van der Waals surface area contributed by atoms with Crippen molar-refractivity contribution in [3.8, 4) is 5.75 Å². The summed E-state index contributed by atoms with van der Waals surface area (Å²) >= 11 is 0. The number of carbonyl (C=O) groups excluding carboxylic acids is 1. The van der Waals surface area contributed by atoms with Crippen LogP contribution in [0.1, 0.15) is 16.7 Å². The van der Waals surface area contributed by atoms with Crippen molar-refractivity contribution in [2.24, 2.45) is 5.84 Å². The molecular formula is C12H18N2O3. The molecule has 0 fully saturated rings. The number of carbonyl (C=O) groups is 1. The highest BCUT2D eigenvalue weighted by atomic mass is 16.5. The van der Waals surface area contributed by atoms with Crippen LogP contribution in [0.5, 0.6) is 5.75 Å². The van der Waals surface area contributed by atoms with Crippen LogP contribution in [0.4, 0.5) is 0 Å². The minimum atomic E-state index is -0.340. The third-order valence-corrected chi connectivity index (χ3v) is 2.51. The lowest BCUT2D eigenvalue weighted by Gasteiger charge is -2.11. The van der Waals surface area contributed by atoms with Gasteiger partial charge in [-0.25, -0.2) is 5.84 Å². The summed E-state index contributed by atoms with van der Waals surface area (Å²) in [6.45, 7) is 4.28. The molecular weight excluding hydrogens is 220 g/mol. The van der Waals surface area contributed by atoms with E-state index in [9.17, 15) is 4.79 Å². The lowest BCUT2D eigenvalue weighted by Crippen LogP contribution is -2.33. The van der Waals surface area contributed by atoms with Gasteiger partial charge < -0.3 is 9.47 Å². The van der Waals surface area contributed by atoms with Crippen LogP contribution < -0.4 is 16.0 Å². The van der Waals surface area contributed by atoms with Gasteiger partial charge >= 0.3 is 0 Å². The minimum absolute atomic E-state index is 0.0407. The van der Waals surface area contributed by atoms with Crippen molar-refractivity contribution in [2.75, 3.05) is 13.7 Å². The molecule has 0 aliphatic carbocycles. The molecule has 0 saturated heterocycles. The molecule has 0 saturated carbocycles. The third-order valence-electron chi connectivity index (χ3n) is 2.51. The number of ether oxygens (including phenoxy) is 2. The van der Waals surface area contributed by atoms with Gasteiger partial charge in [0.05, 0.1) is 13.7 Å². The molecule has 0 bridgehead atoms. The van der Waals surface area contributed by atoms with Gasteiger partial charge in [0.25, 0.3) is 5.91 Å². The van der Waals surface area contributed by atoms with E-state index in [-0.39, 0.29) is 12.5 Å². The number of hydrazine groups is 1. The van der Waals surface area contributed by atoms with Crippen molar-refractivity contribution >= 4 is 5.91 Å². The van der Waals surface area contributed by atoms with E-state index in [2.05, 4.69) is 0 Å². The molecule has 0 spiro atoms. The first-order valence-corrected chi connectivity index (χ1v) is 5.29. The number of aryl methyl sites for hydroxylation is 2. The van der Waals surface area contributed by atoms with Crippen LogP contribution in [0.15, 0.2) is 12.1 Å². The molecule has 0 aliphatic rings. The summed E-state index contributed by atoms with van der Waals surface area (Å²) in [6, 6.07) is 3.95. The number of hydrogen-bond acceptors (Lipinski definition) is 4. The van der Waals surface area contributed by atoms with E-state index in [4.69, 9.17) is 15.3 Å². The molecule has 0 heterocycles. The Hall–Kier alpha value is -1.59. The molecule has 0 aromatic heterocycles. The van der Waals surface area contributed by atoms with Crippen molar-refractivity contribution in [3.63, 3.8) is 0 Å². The molecule has 1 aromatic rings. The molecule has 1 amide bonds. The van der Waals surface area contributed by atoms with Gasteiger partial charge in [-0.2, -0.15) is 0 Å². The topological polar surface area (TPSA) is 73.6 Å². The average Bonchev–Trinajstić information content (AvgIpc) is 2.32. The van der Waals surface area contributed by atoms with Crippen molar-refractivity contribution < 1.29 is 14.3 Å². The number of rotatable bonds is 5. The van der Waals surface area contributed by atoms with Crippen LogP contribution in [-0.2, 0) is 16.1 Å². The fourth-order valence-corrected chi connectivity index (χ4v) is 1.52. The van der Waals surface area contributed by atoms with Gasteiger partial charge in [-0.1, -0.05) is 0 Å². The number of amides is 1. The minimum Gasteiger partial charge on any atom is -0.496 e. The maximum atomic E-state index is 10.9. The molecule has 0 unspecified atom stereocenters. The zero-order valence-electron chi connectivity index (χ0n) is 10.4. The van der Waals surface area contributed by atoms with Gasteiger partial charge in [0, 0.05) is 0 Å². The first-order valence-electron chi connectivity index (χ1n) is 5.29. The van der Waals surface area contributed by atoms with Gasteiger partial charge in [0.15, 0.2) is 0 Å². The first kappa shape index (κ1) is 13.5. The van der Waals surface area contributed by atoms with Gasteiger partial charge in [0.2, 0.25) is 0 Å². The predicted octanol–water partition coefficient (Wildman–Crippen LogP) is 0.819. The lowest BCUT2D eigenvalue weighted by molar-refractivity contribution is -0.126. The zero-order valence-corrected chi connectivity index (χ0v) is 10.4. The van der Waals surface area contributed by atoms with Crippen molar-refractivity contribution in [3.05, 3.63) is 28.8 Å². The molecule has 5 heteroatoms. The molecule has 17 heavy (non-hydrogen) atoms. The molecule has 1 rings (SSSR count). The van der Waals surface area contributed by atoms with Gasteiger partial charge in [-0.3, -0.25) is 10.2 Å². The number of hydrogen-bond donors (Lipinski definition) is 2. The standard InChI is InChI=1S/C12H18N2O3/c1-8-5-11(16-3)9(2)4-10(8)6-17-7-12(15)14-13/h4-5H,6-7,13H2,1-3H3,(H,14,15). The normalized spacial score (nSPS) is 10.1. The van der Waals surface area contributed by atoms with Gasteiger partial charge in [-0.15, -0.1) is 0 Å². The third kappa shape index (κ3) is 3.72. The van der Waals surface area contributed by atoms with Crippen molar-refractivity contribution in [1.82, 2.24) is 5.43 Å². The molecule has 5 nitrogen and oxygen atoms in total. The number of nitrogens with two attached hydrogens (primary N) is 1. The maximum absolute atomic E-state index is 10.9. The van der Waals surface area contributed by atoms with Crippen LogP contribution in [0.3, 0.4) is 0 Å². The van der Waals surface area contributed by atoms with Crippen molar-refractivity contribution in [2.45, 2.75) is 20.5 Å². The number of methoxy groups -OCH3 is 1. The van der Waals surface area contributed by atoms with Crippen LogP contribution >= 0.6 is 0 Å². The Morgan fingerprint density at radius 2 is 2.06 bits per heavy atom. The van der Waals surface area contributed by atoms with E-state index < -0.39 is 0 Å². The Balaban J connectivity index is 2.65. The summed E-state index contributed by atoms with van der Waals surface area (Å²) in [5.74, 6) is 5.46. The first-order chi connectivity index (χ1) is 8.08. The summed E-state index contributed by atoms with van der Waals surface area (Å²) in [4.78, 5) is 10.9. The maximum Gasteiger partial charge on any atom is 0.259 e. The molecule has 0 atom stereocenters. The van der Waals surface area contributed by atoms with E-state index in [1.165, 1.54) is 0 Å². The van der Waals surface area contributed by atoms with Crippen LogP contribution in [0, 0.1) is 13.8 Å². The Morgan fingerprint density at radius 3 is 2.65 bits per heavy atom. The molecule has 1 aromatic carbocycles. The molecule has 3 N–H and O–H groups in total. The Bertz CT molecular complexity index is 405. The lowest BCUT2D eigenvalue weighted by atomic mass is 10.1. The largest absolute Gasteiger partial charge is 0.496 e. The summed E-state index contributed by atoms with van der Waals surface area (Å²) in [5.41, 5.74) is 5.16. The SMILES string of the molecule is COc1cc(C)c(COCC(=O)NN)cc1C. The highest BCUT2D eigenvalue weighted by molar-refractivity contribution is 5.76. The van der Waals surface area contributed by atoms with Crippen LogP contribution in [0.25, 0.3) is 0 Å². The van der Waals surface area contributed by atoms with E-state index >= 15 is 0 Å². The smallest absolute Gasteiger partial charge is 0.259 e. The monoisotopic (exact) mass is 238 g/mol. The molecule has 0 aliphatic heterocycles. The second-order valence-corrected chi connectivity index (χ2v) is 3.81. The fraction of sp³-hybridized carbons (Fsp3) is 0.417. The van der Waals surface area contributed by atoms with Crippen molar-refractivity contribution in [1.29, 1.82) is 0 Å². The fourth-order valence-electron chi connectivity index (χ4n) is 1.52.